The number of benzene rings is 1. The van der Waals surface area contributed by atoms with E-state index in [4.69, 9.17) is 0 Å². The smallest absolute Gasteiger partial charge is 0.136 e. The Hall–Kier alpha value is -2.10. The Bertz CT molecular complexity index is 608. The molecule has 0 atom stereocenters. The van der Waals surface area contributed by atoms with Crippen molar-refractivity contribution < 1.29 is 0 Å². The largest absolute Gasteiger partial charge is 0.370 e. The first-order valence-electron chi connectivity index (χ1n) is 7.59. The molecule has 21 heavy (non-hydrogen) atoms. The lowest BCUT2D eigenvalue weighted by Gasteiger charge is -2.13. The van der Waals surface area contributed by atoms with Gasteiger partial charge in [-0.05, 0) is 37.5 Å². The molecule has 0 radical (unpaired) electrons. The summed E-state index contributed by atoms with van der Waals surface area (Å²) >= 11 is 0. The average molecular weight is 284 g/mol. The molecular weight excluding hydrogens is 260 g/mol. The fourth-order valence-electron chi connectivity index (χ4n) is 2.09. The zero-order valence-corrected chi connectivity index (χ0v) is 13.3. The monoisotopic (exact) mass is 284 g/mol. The summed E-state index contributed by atoms with van der Waals surface area (Å²) in [6, 6.07) is 8.22. The Morgan fingerprint density at radius 2 is 1.81 bits per heavy atom. The molecule has 0 fully saturated rings. The number of hydrogen-bond donors (Lipinski definition) is 2. The van der Waals surface area contributed by atoms with Crippen molar-refractivity contribution in [1.29, 1.82) is 0 Å². The second kappa shape index (κ2) is 7.07. The van der Waals surface area contributed by atoms with Gasteiger partial charge in [0.05, 0.1) is 0 Å². The first-order chi connectivity index (χ1) is 10.1. The number of nitrogens with zero attached hydrogens (tertiary/aromatic N) is 2. The molecule has 0 bridgehead atoms. The van der Waals surface area contributed by atoms with Gasteiger partial charge in [-0.25, -0.2) is 9.97 Å². The molecule has 4 nitrogen and oxygen atoms in total. The summed E-state index contributed by atoms with van der Waals surface area (Å²) in [5.41, 5.74) is 3.61. The summed E-state index contributed by atoms with van der Waals surface area (Å²) in [7, 11) is 0. The van der Waals surface area contributed by atoms with Gasteiger partial charge in [-0.2, -0.15) is 0 Å². The van der Waals surface area contributed by atoms with Crippen molar-refractivity contribution in [2.45, 2.75) is 40.5 Å². The standard InChI is InChI=1S/C17H24N4/c1-5-10-18-16-11-17(21-15(6-2)20-16)19-14-9-7-8-12(3)13(14)4/h7-9,11H,5-6,10H2,1-4H3,(H2,18,19,20,21). The van der Waals surface area contributed by atoms with Gasteiger partial charge >= 0.3 is 0 Å². The van der Waals surface area contributed by atoms with Gasteiger partial charge in [0.2, 0.25) is 0 Å². The summed E-state index contributed by atoms with van der Waals surface area (Å²) in [6.07, 6.45) is 1.90. The average Bonchev–Trinajstić information content (AvgIpc) is 2.49. The number of hydrogen-bond acceptors (Lipinski definition) is 4. The lowest BCUT2D eigenvalue weighted by Crippen LogP contribution is -2.07. The van der Waals surface area contributed by atoms with E-state index >= 15 is 0 Å². The maximum absolute atomic E-state index is 4.56. The van der Waals surface area contributed by atoms with Gasteiger partial charge in [0, 0.05) is 24.7 Å². The van der Waals surface area contributed by atoms with Crippen LogP contribution in [-0.2, 0) is 6.42 Å². The molecule has 1 aromatic carbocycles. The molecule has 0 saturated carbocycles. The van der Waals surface area contributed by atoms with Crippen LogP contribution < -0.4 is 10.6 Å². The van der Waals surface area contributed by atoms with Crippen LogP contribution in [0.4, 0.5) is 17.3 Å². The molecule has 0 unspecified atom stereocenters. The van der Waals surface area contributed by atoms with Gasteiger partial charge in [-0.3, -0.25) is 0 Å². The zero-order chi connectivity index (χ0) is 15.2. The number of nitrogens with one attached hydrogen (secondary N) is 2. The Kier molecular flexibility index (Phi) is 5.14. The van der Waals surface area contributed by atoms with Crippen molar-refractivity contribution in [2.75, 3.05) is 17.2 Å². The van der Waals surface area contributed by atoms with Crippen LogP contribution in [-0.4, -0.2) is 16.5 Å². The van der Waals surface area contributed by atoms with Crippen molar-refractivity contribution in [2.24, 2.45) is 0 Å². The number of rotatable bonds is 6. The van der Waals surface area contributed by atoms with E-state index in [1.807, 2.05) is 6.07 Å². The van der Waals surface area contributed by atoms with Crippen molar-refractivity contribution in [1.82, 2.24) is 9.97 Å². The molecule has 1 aromatic heterocycles. The third kappa shape index (κ3) is 3.94. The van der Waals surface area contributed by atoms with Crippen molar-refractivity contribution >= 4 is 17.3 Å². The van der Waals surface area contributed by atoms with Crippen molar-refractivity contribution in [3.63, 3.8) is 0 Å². The molecule has 112 valence electrons. The molecule has 0 aliphatic carbocycles. The molecule has 0 aliphatic rings. The molecule has 1 heterocycles. The number of aryl methyl sites for hydroxylation is 2. The second-order valence-electron chi connectivity index (χ2n) is 5.21. The van der Waals surface area contributed by atoms with Crippen LogP contribution in [0.2, 0.25) is 0 Å². The summed E-state index contributed by atoms with van der Waals surface area (Å²) in [5, 5.41) is 6.74. The van der Waals surface area contributed by atoms with Gasteiger partial charge < -0.3 is 10.6 Å². The normalized spacial score (nSPS) is 10.5. The third-order valence-corrected chi connectivity index (χ3v) is 3.51. The van der Waals surface area contributed by atoms with Crippen molar-refractivity contribution in [3.8, 4) is 0 Å². The Morgan fingerprint density at radius 3 is 2.52 bits per heavy atom. The predicted molar refractivity (Wildman–Crippen MR) is 89.4 cm³/mol. The maximum Gasteiger partial charge on any atom is 0.136 e. The van der Waals surface area contributed by atoms with Crippen LogP contribution in [0.25, 0.3) is 0 Å². The fourth-order valence-corrected chi connectivity index (χ4v) is 2.09. The van der Waals surface area contributed by atoms with E-state index in [-0.39, 0.29) is 0 Å². The molecule has 0 saturated heterocycles. The molecule has 0 aliphatic heterocycles. The Labute approximate surface area is 127 Å². The first kappa shape index (κ1) is 15.3. The Morgan fingerprint density at radius 1 is 1.05 bits per heavy atom. The van der Waals surface area contributed by atoms with E-state index in [0.717, 1.165) is 42.5 Å². The minimum atomic E-state index is 0.823. The Balaban J connectivity index is 2.28. The van der Waals surface area contributed by atoms with Crippen LogP contribution >= 0.6 is 0 Å². The first-order valence-corrected chi connectivity index (χ1v) is 7.59. The van der Waals surface area contributed by atoms with E-state index in [9.17, 15) is 0 Å². The van der Waals surface area contributed by atoms with Crippen LogP contribution in [0.15, 0.2) is 24.3 Å². The van der Waals surface area contributed by atoms with E-state index in [1.54, 1.807) is 0 Å². The molecular formula is C17H24N4. The molecule has 2 N–H and O–H groups in total. The highest BCUT2D eigenvalue weighted by Crippen LogP contribution is 2.23. The lowest BCUT2D eigenvalue weighted by atomic mass is 10.1. The highest BCUT2D eigenvalue weighted by Gasteiger charge is 2.06. The van der Waals surface area contributed by atoms with Crippen LogP contribution in [0.3, 0.4) is 0 Å². The second-order valence-corrected chi connectivity index (χ2v) is 5.21. The van der Waals surface area contributed by atoms with E-state index in [2.05, 4.69) is 66.5 Å². The fraction of sp³-hybridized carbons (Fsp3) is 0.412. The van der Waals surface area contributed by atoms with Crippen LogP contribution in [0.5, 0.6) is 0 Å². The lowest BCUT2D eigenvalue weighted by molar-refractivity contribution is 0.919. The topological polar surface area (TPSA) is 49.8 Å². The quantitative estimate of drug-likeness (QED) is 0.833. The van der Waals surface area contributed by atoms with Crippen LogP contribution in [0, 0.1) is 13.8 Å². The van der Waals surface area contributed by atoms with Gasteiger partial charge in [0.25, 0.3) is 0 Å². The van der Waals surface area contributed by atoms with Gasteiger partial charge in [-0.15, -0.1) is 0 Å². The SMILES string of the molecule is CCCNc1cc(Nc2cccc(C)c2C)nc(CC)n1. The number of anilines is 3. The van der Waals surface area contributed by atoms with Gasteiger partial charge in [-0.1, -0.05) is 26.0 Å². The predicted octanol–water partition coefficient (Wildman–Crippen LogP) is 4.22. The van der Waals surface area contributed by atoms with Gasteiger partial charge in [0.15, 0.2) is 0 Å². The summed E-state index contributed by atoms with van der Waals surface area (Å²) in [4.78, 5) is 9.07. The highest BCUT2D eigenvalue weighted by atomic mass is 15.1. The molecule has 2 rings (SSSR count). The van der Waals surface area contributed by atoms with E-state index in [0.29, 0.717) is 0 Å². The third-order valence-electron chi connectivity index (χ3n) is 3.51. The van der Waals surface area contributed by atoms with Crippen LogP contribution in [0.1, 0.15) is 37.2 Å². The van der Waals surface area contributed by atoms with Crippen molar-refractivity contribution in [3.05, 3.63) is 41.2 Å². The van der Waals surface area contributed by atoms with Gasteiger partial charge in [0.1, 0.15) is 17.5 Å². The highest BCUT2D eigenvalue weighted by molar-refractivity contribution is 5.63. The maximum atomic E-state index is 4.56. The summed E-state index contributed by atoms with van der Waals surface area (Å²) in [6.45, 7) is 9.37. The zero-order valence-electron chi connectivity index (χ0n) is 13.3. The minimum absolute atomic E-state index is 0.823. The summed E-state index contributed by atoms with van der Waals surface area (Å²) in [5.74, 6) is 2.58. The minimum Gasteiger partial charge on any atom is -0.370 e. The summed E-state index contributed by atoms with van der Waals surface area (Å²) < 4.78 is 0. The van der Waals surface area contributed by atoms with E-state index in [1.165, 1.54) is 11.1 Å². The molecule has 2 aromatic rings. The molecule has 4 heteroatoms. The number of aromatic nitrogens is 2. The molecule has 0 spiro atoms. The van der Waals surface area contributed by atoms with E-state index < -0.39 is 0 Å². The molecule has 0 amide bonds.